The third kappa shape index (κ3) is 4.13. The largest absolute Gasteiger partial charge is 0.338 e. The zero-order valence-electron chi connectivity index (χ0n) is 11.4. The van der Waals surface area contributed by atoms with Crippen molar-refractivity contribution in [3.63, 3.8) is 0 Å². The van der Waals surface area contributed by atoms with E-state index in [0.29, 0.717) is 12.6 Å². The van der Waals surface area contributed by atoms with Crippen molar-refractivity contribution in [3.05, 3.63) is 34.9 Å². The maximum Gasteiger partial charge on any atom is 0.317 e. The highest BCUT2D eigenvalue weighted by atomic mass is 35.5. The molecule has 0 bridgehead atoms. The molecule has 1 unspecified atom stereocenters. The third-order valence-electron chi connectivity index (χ3n) is 3.67. The van der Waals surface area contributed by atoms with Crippen LogP contribution in [0.4, 0.5) is 4.79 Å². The van der Waals surface area contributed by atoms with Crippen molar-refractivity contribution in [3.8, 4) is 0 Å². The van der Waals surface area contributed by atoms with Crippen LogP contribution in [0.5, 0.6) is 0 Å². The fourth-order valence-electron chi connectivity index (χ4n) is 2.47. The molecule has 1 atom stereocenters. The summed E-state index contributed by atoms with van der Waals surface area (Å²) < 4.78 is 0. The Balaban J connectivity index is 1.75. The minimum absolute atomic E-state index is 0.0705. The maximum absolute atomic E-state index is 12.0. The summed E-state index contributed by atoms with van der Waals surface area (Å²) in [4.78, 5) is 14.0. The lowest BCUT2D eigenvalue weighted by Crippen LogP contribution is -2.47. The number of carbonyl (C=O) groups excluding carboxylic acids is 1. The Kier molecular flexibility index (Phi) is 5.08. The van der Waals surface area contributed by atoms with Gasteiger partial charge in [-0.2, -0.15) is 0 Å². The van der Waals surface area contributed by atoms with Gasteiger partial charge in [0.15, 0.2) is 0 Å². The normalized spacial score (nSPS) is 19.3. The number of hydrogen-bond donors (Lipinski definition) is 1. The molecule has 0 spiro atoms. The van der Waals surface area contributed by atoms with Gasteiger partial charge in [0.25, 0.3) is 0 Å². The Labute approximate surface area is 119 Å². The van der Waals surface area contributed by atoms with Crippen LogP contribution in [0.15, 0.2) is 24.3 Å². The molecule has 2 amide bonds. The number of hydrogen-bond acceptors (Lipinski definition) is 1. The molecule has 0 saturated carbocycles. The van der Waals surface area contributed by atoms with Gasteiger partial charge in [0.2, 0.25) is 0 Å². The maximum atomic E-state index is 12.0. The summed E-state index contributed by atoms with van der Waals surface area (Å²) in [6.45, 7) is 3.68. The second-order valence-electron chi connectivity index (χ2n) is 5.15. The molecule has 0 aliphatic carbocycles. The number of halogens is 1. The van der Waals surface area contributed by atoms with E-state index in [1.807, 2.05) is 29.2 Å². The first-order chi connectivity index (χ1) is 9.16. The van der Waals surface area contributed by atoms with E-state index < -0.39 is 0 Å². The van der Waals surface area contributed by atoms with Gasteiger partial charge in [-0.25, -0.2) is 4.79 Å². The summed E-state index contributed by atoms with van der Waals surface area (Å²) in [7, 11) is 0. The minimum Gasteiger partial charge on any atom is -0.338 e. The zero-order valence-corrected chi connectivity index (χ0v) is 12.1. The molecule has 0 radical (unpaired) electrons. The molecular formula is C15H21ClN2O. The molecule has 1 N–H and O–H groups in total. The van der Waals surface area contributed by atoms with Crippen LogP contribution in [0.3, 0.4) is 0 Å². The van der Waals surface area contributed by atoms with Crippen LogP contribution in [0.1, 0.15) is 31.7 Å². The second-order valence-corrected chi connectivity index (χ2v) is 5.58. The van der Waals surface area contributed by atoms with Gasteiger partial charge in [0.1, 0.15) is 0 Å². The molecule has 19 heavy (non-hydrogen) atoms. The lowest BCUT2D eigenvalue weighted by molar-refractivity contribution is 0.158. The van der Waals surface area contributed by atoms with Crippen molar-refractivity contribution in [1.29, 1.82) is 0 Å². The minimum atomic E-state index is 0.0705. The van der Waals surface area contributed by atoms with Gasteiger partial charge in [-0.1, -0.05) is 23.7 Å². The fraction of sp³-hybridized carbons (Fsp3) is 0.533. The number of urea groups is 1. The van der Waals surface area contributed by atoms with Crippen LogP contribution in [0.25, 0.3) is 0 Å². The smallest absolute Gasteiger partial charge is 0.317 e. The topological polar surface area (TPSA) is 32.3 Å². The lowest BCUT2D eigenvalue weighted by atomic mass is 10.0. The highest BCUT2D eigenvalue weighted by Gasteiger charge is 2.22. The number of benzene rings is 1. The van der Waals surface area contributed by atoms with E-state index in [4.69, 9.17) is 11.6 Å². The second kappa shape index (κ2) is 6.80. The summed E-state index contributed by atoms with van der Waals surface area (Å²) >= 11 is 5.84. The van der Waals surface area contributed by atoms with E-state index in [-0.39, 0.29) is 6.03 Å². The van der Waals surface area contributed by atoms with E-state index in [1.165, 1.54) is 12.0 Å². The average molecular weight is 281 g/mol. The van der Waals surface area contributed by atoms with Crippen LogP contribution >= 0.6 is 11.6 Å². The first-order valence-electron chi connectivity index (χ1n) is 6.96. The van der Waals surface area contributed by atoms with E-state index in [9.17, 15) is 4.79 Å². The molecule has 1 aliphatic heterocycles. The number of rotatable bonds is 3. The number of nitrogens with zero attached hydrogens (tertiary/aromatic N) is 1. The summed E-state index contributed by atoms with van der Waals surface area (Å²) in [5.74, 6) is 0. The van der Waals surface area contributed by atoms with Gasteiger partial charge in [-0.15, -0.1) is 0 Å². The summed E-state index contributed by atoms with van der Waals surface area (Å²) in [5, 5.41) is 3.75. The van der Waals surface area contributed by atoms with Crippen LogP contribution in [-0.2, 0) is 6.42 Å². The molecular weight excluding hydrogens is 260 g/mol. The van der Waals surface area contributed by atoms with Crippen molar-refractivity contribution in [2.24, 2.45) is 0 Å². The van der Waals surface area contributed by atoms with E-state index in [0.717, 1.165) is 30.8 Å². The fourth-order valence-corrected chi connectivity index (χ4v) is 2.59. The SMILES string of the molecule is CC1CCCCN1C(=O)NCCc1ccc(Cl)cc1. The molecule has 1 aliphatic rings. The van der Waals surface area contributed by atoms with Gasteiger partial charge in [0, 0.05) is 24.2 Å². The van der Waals surface area contributed by atoms with Crippen molar-refractivity contribution < 1.29 is 4.79 Å². The number of likely N-dealkylation sites (tertiary alicyclic amines) is 1. The molecule has 1 aromatic carbocycles. The van der Waals surface area contributed by atoms with E-state index in [2.05, 4.69) is 12.2 Å². The summed E-state index contributed by atoms with van der Waals surface area (Å²) in [6, 6.07) is 8.19. The first-order valence-corrected chi connectivity index (χ1v) is 7.33. The molecule has 1 heterocycles. The Morgan fingerprint density at radius 1 is 1.37 bits per heavy atom. The summed E-state index contributed by atoms with van der Waals surface area (Å²) in [5.41, 5.74) is 1.19. The predicted molar refractivity (Wildman–Crippen MR) is 78.6 cm³/mol. The molecule has 2 rings (SSSR count). The number of piperidine rings is 1. The van der Waals surface area contributed by atoms with Gasteiger partial charge in [0.05, 0.1) is 0 Å². The van der Waals surface area contributed by atoms with Crippen molar-refractivity contribution in [2.75, 3.05) is 13.1 Å². The Morgan fingerprint density at radius 3 is 2.79 bits per heavy atom. The van der Waals surface area contributed by atoms with E-state index >= 15 is 0 Å². The average Bonchev–Trinajstić information content (AvgIpc) is 2.41. The van der Waals surface area contributed by atoms with E-state index in [1.54, 1.807) is 0 Å². The molecule has 1 aromatic rings. The number of carbonyl (C=O) groups is 1. The number of amides is 2. The number of nitrogens with one attached hydrogen (secondary N) is 1. The standard InChI is InChI=1S/C15H21ClN2O/c1-12-4-2-3-11-18(12)15(19)17-10-9-13-5-7-14(16)8-6-13/h5-8,12H,2-4,9-11H2,1H3,(H,17,19). The van der Waals surface area contributed by atoms with Crippen molar-refractivity contribution in [2.45, 2.75) is 38.6 Å². The van der Waals surface area contributed by atoms with Gasteiger partial charge in [-0.05, 0) is 50.3 Å². The Morgan fingerprint density at radius 2 is 2.11 bits per heavy atom. The van der Waals surface area contributed by atoms with Gasteiger partial charge >= 0.3 is 6.03 Å². The molecule has 0 aromatic heterocycles. The molecule has 1 saturated heterocycles. The quantitative estimate of drug-likeness (QED) is 0.903. The van der Waals surface area contributed by atoms with Crippen LogP contribution in [0.2, 0.25) is 5.02 Å². The molecule has 4 heteroatoms. The first kappa shape index (κ1) is 14.2. The molecule has 3 nitrogen and oxygen atoms in total. The predicted octanol–water partition coefficient (Wildman–Crippen LogP) is 3.47. The highest BCUT2D eigenvalue weighted by Crippen LogP contribution is 2.16. The van der Waals surface area contributed by atoms with Crippen molar-refractivity contribution in [1.82, 2.24) is 10.2 Å². The molecule has 104 valence electrons. The third-order valence-corrected chi connectivity index (χ3v) is 3.92. The van der Waals surface area contributed by atoms with Crippen molar-refractivity contribution >= 4 is 17.6 Å². The molecule has 1 fully saturated rings. The van der Waals surface area contributed by atoms with Crippen LogP contribution < -0.4 is 5.32 Å². The monoisotopic (exact) mass is 280 g/mol. The van der Waals surface area contributed by atoms with Gasteiger partial charge < -0.3 is 10.2 Å². The van der Waals surface area contributed by atoms with Gasteiger partial charge in [-0.3, -0.25) is 0 Å². The lowest BCUT2D eigenvalue weighted by Gasteiger charge is -2.33. The summed E-state index contributed by atoms with van der Waals surface area (Å²) in [6.07, 6.45) is 4.31. The zero-order chi connectivity index (χ0) is 13.7. The Hall–Kier alpha value is -1.22. The van der Waals surface area contributed by atoms with Crippen LogP contribution in [0, 0.1) is 0 Å². The Bertz CT molecular complexity index is 419. The van der Waals surface area contributed by atoms with Crippen LogP contribution in [-0.4, -0.2) is 30.1 Å². The highest BCUT2D eigenvalue weighted by molar-refractivity contribution is 6.30.